The summed E-state index contributed by atoms with van der Waals surface area (Å²) in [5, 5.41) is 10.1. The molecule has 114 valence electrons. The van der Waals surface area contributed by atoms with E-state index in [4.69, 9.17) is 10.5 Å². The molecule has 1 aliphatic heterocycles. The standard InChI is InChI=1S/C16H23N3O2/c17-16(19-7-9-21-10-8-19)18-11-14-13-4-2-1-3-12(13)5-6-15(14)20/h5-6,20H,1-4,7-11H2,(H2,17,18). The second-order valence-electron chi connectivity index (χ2n) is 5.68. The summed E-state index contributed by atoms with van der Waals surface area (Å²) in [5.74, 6) is 0.889. The number of aryl methyl sites for hydroxylation is 1. The summed E-state index contributed by atoms with van der Waals surface area (Å²) in [7, 11) is 0. The number of nitrogens with zero attached hydrogens (tertiary/aromatic N) is 2. The number of benzene rings is 1. The minimum absolute atomic E-state index is 0.342. The predicted molar refractivity (Wildman–Crippen MR) is 82.5 cm³/mol. The molecule has 0 aromatic heterocycles. The maximum absolute atomic E-state index is 10.1. The SMILES string of the molecule is NC(=NCc1c(O)ccc2c1CCCC2)N1CCOCC1. The number of aliphatic imine (C=N–C) groups is 1. The van der Waals surface area contributed by atoms with Crippen LogP contribution in [0.4, 0.5) is 0 Å². The predicted octanol–water partition coefficient (Wildman–Crippen LogP) is 1.42. The van der Waals surface area contributed by atoms with E-state index in [-0.39, 0.29) is 0 Å². The first-order valence-electron chi connectivity index (χ1n) is 7.71. The Hall–Kier alpha value is -1.75. The Morgan fingerprint density at radius 1 is 1.24 bits per heavy atom. The Balaban J connectivity index is 1.78. The Morgan fingerprint density at radius 2 is 2.00 bits per heavy atom. The van der Waals surface area contributed by atoms with Crippen LogP contribution in [0.5, 0.6) is 5.75 Å². The van der Waals surface area contributed by atoms with Gasteiger partial charge in [0.15, 0.2) is 5.96 Å². The van der Waals surface area contributed by atoms with Crippen molar-refractivity contribution in [2.24, 2.45) is 10.7 Å². The lowest BCUT2D eigenvalue weighted by Gasteiger charge is -2.27. The van der Waals surface area contributed by atoms with Crippen molar-refractivity contribution in [2.75, 3.05) is 26.3 Å². The van der Waals surface area contributed by atoms with Crippen LogP contribution in [-0.4, -0.2) is 42.3 Å². The van der Waals surface area contributed by atoms with E-state index in [1.54, 1.807) is 6.07 Å². The summed E-state index contributed by atoms with van der Waals surface area (Å²) in [6, 6.07) is 3.84. The molecule has 0 unspecified atom stereocenters. The fraction of sp³-hybridized carbons (Fsp3) is 0.562. The summed E-state index contributed by atoms with van der Waals surface area (Å²) in [6.45, 7) is 3.42. The van der Waals surface area contributed by atoms with E-state index >= 15 is 0 Å². The number of rotatable bonds is 2. The number of morpholine rings is 1. The fourth-order valence-corrected chi connectivity index (χ4v) is 3.12. The Kier molecular flexibility index (Phi) is 4.29. The Labute approximate surface area is 125 Å². The maximum Gasteiger partial charge on any atom is 0.191 e. The first kappa shape index (κ1) is 14.2. The summed E-state index contributed by atoms with van der Waals surface area (Å²) < 4.78 is 5.31. The molecule has 5 heteroatoms. The smallest absolute Gasteiger partial charge is 0.191 e. The molecule has 0 spiro atoms. The summed E-state index contributed by atoms with van der Waals surface area (Å²) in [6.07, 6.45) is 4.56. The topological polar surface area (TPSA) is 71.1 Å². The van der Waals surface area contributed by atoms with Gasteiger partial charge in [0.05, 0.1) is 19.8 Å². The second kappa shape index (κ2) is 6.35. The molecular formula is C16H23N3O2. The third-order valence-electron chi connectivity index (χ3n) is 4.36. The van der Waals surface area contributed by atoms with E-state index in [0.717, 1.165) is 31.5 Å². The van der Waals surface area contributed by atoms with Crippen LogP contribution >= 0.6 is 0 Å². The van der Waals surface area contributed by atoms with Crippen molar-refractivity contribution in [1.29, 1.82) is 0 Å². The maximum atomic E-state index is 10.1. The number of ether oxygens (including phenoxy) is 1. The van der Waals surface area contributed by atoms with Crippen molar-refractivity contribution in [3.63, 3.8) is 0 Å². The van der Waals surface area contributed by atoms with Crippen molar-refractivity contribution < 1.29 is 9.84 Å². The third-order valence-corrected chi connectivity index (χ3v) is 4.36. The van der Waals surface area contributed by atoms with E-state index < -0.39 is 0 Å². The van der Waals surface area contributed by atoms with E-state index in [1.807, 2.05) is 11.0 Å². The van der Waals surface area contributed by atoms with Gasteiger partial charge in [-0.15, -0.1) is 0 Å². The number of hydrogen-bond donors (Lipinski definition) is 2. The zero-order chi connectivity index (χ0) is 14.7. The number of hydrogen-bond acceptors (Lipinski definition) is 3. The number of nitrogens with two attached hydrogens (primary N) is 1. The molecule has 1 heterocycles. The lowest BCUT2D eigenvalue weighted by atomic mass is 9.88. The first-order valence-corrected chi connectivity index (χ1v) is 7.71. The van der Waals surface area contributed by atoms with Gasteiger partial charge in [-0.2, -0.15) is 0 Å². The molecule has 0 radical (unpaired) electrons. The van der Waals surface area contributed by atoms with Gasteiger partial charge in [0, 0.05) is 18.7 Å². The summed E-state index contributed by atoms with van der Waals surface area (Å²) in [5.41, 5.74) is 9.64. The van der Waals surface area contributed by atoms with Crippen LogP contribution in [0.2, 0.25) is 0 Å². The van der Waals surface area contributed by atoms with Crippen LogP contribution in [0.1, 0.15) is 29.5 Å². The highest BCUT2D eigenvalue weighted by molar-refractivity contribution is 5.78. The third kappa shape index (κ3) is 3.13. The van der Waals surface area contributed by atoms with Gasteiger partial charge in [-0.1, -0.05) is 6.07 Å². The largest absolute Gasteiger partial charge is 0.508 e. The number of guanidine groups is 1. The molecule has 0 bridgehead atoms. The van der Waals surface area contributed by atoms with Crippen molar-refractivity contribution in [2.45, 2.75) is 32.2 Å². The molecule has 5 nitrogen and oxygen atoms in total. The molecule has 0 saturated carbocycles. The number of fused-ring (bicyclic) bond motifs is 1. The summed E-state index contributed by atoms with van der Waals surface area (Å²) in [4.78, 5) is 6.53. The molecule has 1 fully saturated rings. The van der Waals surface area contributed by atoms with Crippen LogP contribution in [0.15, 0.2) is 17.1 Å². The summed E-state index contributed by atoms with van der Waals surface area (Å²) >= 11 is 0. The van der Waals surface area contributed by atoms with Gasteiger partial charge in [0.25, 0.3) is 0 Å². The van der Waals surface area contributed by atoms with E-state index in [0.29, 0.717) is 31.5 Å². The highest BCUT2D eigenvalue weighted by Crippen LogP contribution is 2.31. The molecular weight excluding hydrogens is 266 g/mol. The number of phenols is 1. The van der Waals surface area contributed by atoms with Crippen molar-refractivity contribution in [3.8, 4) is 5.75 Å². The molecule has 0 amide bonds. The van der Waals surface area contributed by atoms with E-state index in [1.165, 1.54) is 24.0 Å². The Morgan fingerprint density at radius 3 is 2.81 bits per heavy atom. The molecule has 1 aromatic carbocycles. The van der Waals surface area contributed by atoms with Gasteiger partial charge in [-0.05, 0) is 42.9 Å². The van der Waals surface area contributed by atoms with Crippen molar-refractivity contribution in [1.82, 2.24) is 4.90 Å². The zero-order valence-corrected chi connectivity index (χ0v) is 12.3. The molecule has 1 aromatic rings. The fourth-order valence-electron chi connectivity index (χ4n) is 3.12. The molecule has 3 N–H and O–H groups in total. The van der Waals surface area contributed by atoms with Gasteiger partial charge in [-0.3, -0.25) is 0 Å². The van der Waals surface area contributed by atoms with Crippen LogP contribution < -0.4 is 5.73 Å². The van der Waals surface area contributed by atoms with Gasteiger partial charge in [0.1, 0.15) is 5.75 Å². The monoisotopic (exact) mass is 289 g/mol. The van der Waals surface area contributed by atoms with Crippen LogP contribution in [0, 0.1) is 0 Å². The molecule has 1 aliphatic carbocycles. The highest BCUT2D eigenvalue weighted by atomic mass is 16.5. The average Bonchev–Trinajstić information content (AvgIpc) is 2.54. The van der Waals surface area contributed by atoms with Gasteiger partial charge < -0.3 is 20.5 Å². The molecule has 21 heavy (non-hydrogen) atoms. The number of aromatic hydroxyl groups is 1. The van der Waals surface area contributed by atoms with E-state index in [2.05, 4.69) is 4.99 Å². The normalized spacial score (nSPS) is 19.4. The van der Waals surface area contributed by atoms with Crippen LogP contribution in [-0.2, 0) is 24.1 Å². The van der Waals surface area contributed by atoms with Gasteiger partial charge in [-0.25, -0.2) is 4.99 Å². The molecule has 1 saturated heterocycles. The van der Waals surface area contributed by atoms with Crippen molar-refractivity contribution in [3.05, 3.63) is 28.8 Å². The van der Waals surface area contributed by atoms with Gasteiger partial charge in [0.2, 0.25) is 0 Å². The lowest BCUT2D eigenvalue weighted by molar-refractivity contribution is 0.0674. The second-order valence-corrected chi connectivity index (χ2v) is 5.68. The minimum Gasteiger partial charge on any atom is -0.508 e. The molecule has 0 atom stereocenters. The van der Waals surface area contributed by atoms with Crippen LogP contribution in [0.3, 0.4) is 0 Å². The molecule has 3 rings (SSSR count). The lowest BCUT2D eigenvalue weighted by Crippen LogP contribution is -2.44. The van der Waals surface area contributed by atoms with E-state index in [9.17, 15) is 5.11 Å². The minimum atomic E-state index is 0.342. The molecule has 2 aliphatic rings. The number of phenolic OH excluding ortho intramolecular Hbond substituents is 1. The Bertz CT molecular complexity index is 537. The quantitative estimate of drug-likeness (QED) is 0.638. The average molecular weight is 289 g/mol. The van der Waals surface area contributed by atoms with Gasteiger partial charge >= 0.3 is 0 Å². The highest BCUT2D eigenvalue weighted by Gasteiger charge is 2.17. The zero-order valence-electron chi connectivity index (χ0n) is 12.3. The van der Waals surface area contributed by atoms with Crippen LogP contribution in [0.25, 0.3) is 0 Å². The van der Waals surface area contributed by atoms with Crippen molar-refractivity contribution >= 4 is 5.96 Å². The first-order chi connectivity index (χ1) is 10.3.